The molecular weight excluding hydrogens is 360 g/mol. The van der Waals surface area contributed by atoms with Gasteiger partial charge in [-0.25, -0.2) is 8.42 Å². The molecule has 1 aromatic carbocycles. The van der Waals surface area contributed by atoms with Crippen LogP contribution in [-0.2, 0) is 16.3 Å². The molecule has 7 heteroatoms. The zero-order valence-electron chi connectivity index (χ0n) is 16.3. The lowest BCUT2D eigenvalue weighted by molar-refractivity contribution is 0.259. The van der Waals surface area contributed by atoms with Gasteiger partial charge in [0, 0.05) is 51.6 Å². The summed E-state index contributed by atoms with van der Waals surface area (Å²) in [6.45, 7) is 7.83. The fourth-order valence-corrected chi connectivity index (χ4v) is 4.28. The maximum absolute atomic E-state index is 11.5. The van der Waals surface area contributed by atoms with E-state index in [4.69, 9.17) is 4.99 Å². The van der Waals surface area contributed by atoms with Crippen LogP contribution < -0.4 is 5.32 Å². The number of hydrogen-bond donors (Lipinski definition) is 1. The van der Waals surface area contributed by atoms with E-state index in [2.05, 4.69) is 34.2 Å². The molecule has 1 aromatic rings. The molecule has 6 nitrogen and oxygen atoms in total. The van der Waals surface area contributed by atoms with Gasteiger partial charge < -0.3 is 10.2 Å². The van der Waals surface area contributed by atoms with Crippen LogP contribution in [0.2, 0.25) is 0 Å². The minimum absolute atomic E-state index is 0.364. The van der Waals surface area contributed by atoms with Crippen LogP contribution in [0.3, 0.4) is 0 Å². The van der Waals surface area contributed by atoms with E-state index in [-0.39, 0.29) is 0 Å². The van der Waals surface area contributed by atoms with Gasteiger partial charge in [0.1, 0.15) is 0 Å². The normalized spacial score (nSPS) is 21.2. The summed E-state index contributed by atoms with van der Waals surface area (Å²) in [5.41, 5.74) is 1.10. The number of likely N-dealkylation sites (tertiary alicyclic amines) is 1. The van der Waals surface area contributed by atoms with Gasteiger partial charge in [-0.05, 0) is 37.5 Å². The van der Waals surface area contributed by atoms with Gasteiger partial charge >= 0.3 is 0 Å². The molecule has 0 saturated carbocycles. The number of hydrogen-bond acceptors (Lipinski definition) is 4. The van der Waals surface area contributed by atoms with Crippen molar-refractivity contribution in [3.63, 3.8) is 0 Å². The summed E-state index contributed by atoms with van der Waals surface area (Å²) in [4.78, 5) is 10.0. The Morgan fingerprint density at radius 2 is 1.93 bits per heavy atom. The van der Waals surface area contributed by atoms with Crippen LogP contribution in [-0.4, -0.2) is 75.7 Å². The summed E-state index contributed by atoms with van der Waals surface area (Å²) in [6, 6.07) is 7.71. The van der Waals surface area contributed by atoms with E-state index in [1.54, 1.807) is 12.1 Å². The third-order valence-corrected chi connectivity index (χ3v) is 6.30. The first-order chi connectivity index (χ1) is 13.0. The fraction of sp³-hybridized carbons (Fsp3) is 0.550. The number of guanidine groups is 1. The second-order valence-electron chi connectivity index (χ2n) is 7.22. The van der Waals surface area contributed by atoms with Crippen molar-refractivity contribution in [2.24, 2.45) is 4.99 Å². The average Bonchev–Trinajstić information content (AvgIpc) is 3.32. The molecular formula is C20H30N4O2S. The van der Waals surface area contributed by atoms with Gasteiger partial charge in [0.2, 0.25) is 0 Å². The van der Waals surface area contributed by atoms with Crippen molar-refractivity contribution >= 4 is 15.8 Å². The van der Waals surface area contributed by atoms with E-state index in [1.165, 1.54) is 12.7 Å². The molecule has 2 heterocycles. The van der Waals surface area contributed by atoms with Crippen LogP contribution in [0.5, 0.6) is 0 Å². The minimum Gasteiger partial charge on any atom is -0.357 e. The van der Waals surface area contributed by atoms with E-state index in [0.717, 1.165) is 50.7 Å². The predicted octanol–water partition coefficient (Wildman–Crippen LogP) is 1.54. The lowest BCUT2D eigenvalue weighted by Crippen LogP contribution is -2.43. The number of nitrogens with one attached hydrogen (secondary N) is 1. The first-order valence-electron chi connectivity index (χ1n) is 9.68. The maximum Gasteiger partial charge on any atom is 0.193 e. The molecule has 1 fully saturated rings. The van der Waals surface area contributed by atoms with Gasteiger partial charge in [-0.1, -0.05) is 24.3 Å². The number of benzene rings is 1. The fourth-order valence-electron chi connectivity index (χ4n) is 3.64. The molecule has 2 aliphatic heterocycles. The Morgan fingerprint density at radius 3 is 2.56 bits per heavy atom. The predicted molar refractivity (Wildman–Crippen MR) is 110 cm³/mol. The third-order valence-electron chi connectivity index (χ3n) is 5.17. The van der Waals surface area contributed by atoms with Crippen LogP contribution >= 0.6 is 0 Å². The molecule has 0 amide bonds. The van der Waals surface area contributed by atoms with Crippen molar-refractivity contribution in [1.29, 1.82) is 0 Å². The lowest BCUT2D eigenvalue weighted by Gasteiger charge is -2.25. The largest absolute Gasteiger partial charge is 0.357 e. The van der Waals surface area contributed by atoms with Crippen LogP contribution in [0.25, 0.3) is 0 Å². The second-order valence-corrected chi connectivity index (χ2v) is 9.23. The van der Waals surface area contributed by atoms with E-state index in [1.807, 2.05) is 12.1 Å². The van der Waals surface area contributed by atoms with Crippen LogP contribution in [0.15, 0.2) is 46.3 Å². The monoisotopic (exact) mass is 390 g/mol. The molecule has 0 radical (unpaired) electrons. The second kappa shape index (κ2) is 8.89. The number of nitrogens with zero attached hydrogens (tertiary/aromatic N) is 3. The first-order valence-corrected chi connectivity index (χ1v) is 11.6. The van der Waals surface area contributed by atoms with Gasteiger partial charge in [0.25, 0.3) is 0 Å². The highest BCUT2D eigenvalue weighted by molar-refractivity contribution is 7.90. The molecule has 0 aliphatic carbocycles. The topological polar surface area (TPSA) is 65.0 Å². The van der Waals surface area contributed by atoms with Gasteiger partial charge in [-0.3, -0.25) is 9.89 Å². The maximum atomic E-state index is 11.5. The minimum atomic E-state index is -3.14. The summed E-state index contributed by atoms with van der Waals surface area (Å²) in [5.74, 6) is 0.986. The lowest BCUT2D eigenvalue weighted by atomic mass is 10.1. The SMILES string of the molecule is CCNC(=NCCc1ccc(S(C)(=O)=O)cc1)N1CCC(N2CC=CC2)C1. The molecule has 2 aliphatic rings. The number of rotatable bonds is 6. The van der Waals surface area contributed by atoms with Crippen molar-refractivity contribution in [2.45, 2.75) is 30.7 Å². The highest BCUT2D eigenvalue weighted by atomic mass is 32.2. The molecule has 0 bridgehead atoms. The van der Waals surface area contributed by atoms with Crippen LogP contribution in [0.4, 0.5) is 0 Å². The number of aliphatic imine (C=N–C) groups is 1. The van der Waals surface area contributed by atoms with Crippen LogP contribution in [0.1, 0.15) is 18.9 Å². The number of sulfone groups is 1. The summed E-state index contributed by atoms with van der Waals surface area (Å²) in [6.07, 6.45) is 7.70. The highest BCUT2D eigenvalue weighted by Gasteiger charge is 2.29. The van der Waals surface area contributed by atoms with E-state index >= 15 is 0 Å². The van der Waals surface area contributed by atoms with Crippen molar-refractivity contribution in [3.05, 3.63) is 42.0 Å². The summed E-state index contributed by atoms with van der Waals surface area (Å²) >= 11 is 0. The summed E-state index contributed by atoms with van der Waals surface area (Å²) in [5, 5.41) is 3.41. The molecule has 27 heavy (non-hydrogen) atoms. The quantitative estimate of drug-likeness (QED) is 0.454. The molecule has 0 spiro atoms. The Balaban J connectivity index is 1.56. The molecule has 1 unspecified atom stereocenters. The van der Waals surface area contributed by atoms with Crippen molar-refractivity contribution in [3.8, 4) is 0 Å². The van der Waals surface area contributed by atoms with Gasteiger partial charge in [-0.2, -0.15) is 0 Å². The smallest absolute Gasteiger partial charge is 0.193 e. The zero-order valence-corrected chi connectivity index (χ0v) is 17.1. The first kappa shape index (κ1) is 19.9. The average molecular weight is 391 g/mol. The van der Waals surface area contributed by atoms with Gasteiger partial charge in [0.05, 0.1) is 4.90 Å². The zero-order chi connectivity index (χ0) is 19.3. The van der Waals surface area contributed by atoms with Gasteiger partial charge in [0.15, 0.2) is 15.8 Å². The molecule has 3 rings (SSSR count). The Labute approximate surface area is 162 Å². The van der Waals surface area contributed by atoms with Crippen LogP contribution in [0, 0.1) is 0 Å². The Bertz CT molecular complexity index is 779. The molecule has 1 saturated heterocycles. The van der Waals surface area contributed by atoms with Crippen molar-refractivity contribution in [2.75, 3.05) is 45.5 Å². The summed E-state index contributed by atoms with van der Waals surface area (Å²) in [7, 11) is -3.14. The molecule has 148 valence electrons. The van der Waals surface area contributed by atoms with Crippen molar-refractivity contribution in [1.82, 2.24) is 15.1 Å². The molecule has 0 aromatic heterocycles. The van der Waals surface area contributed by atoms with Gasteiger partial charge in [-0.15, -0.1) is 0 Å². The summed E-state index contributed by atoms with van der Waals surface area (Å²) < 4.78 is 23.1. The molecule has 1 N–H and O–H groups in total. The standard InChI is InChI=1S/C20H30N4O2S/c1-3-21-20(24-15-11-18(16-24)23-13-4-5-14-23)22-12-10-17-6-8-19(9-7-17)27(2,25)26/h4-9,18H,3,10-16H2,1-2H3,(H,21,22). The van der Waals surface area contributed by atoms with E-state index < -0.39 is 9.84 Å². The third kappa shape index (κ3) is 5.32. The molecule has 1 atom stereocenters. The van der Waals surface area contributed by atoms with E-state index in [9.17, 15) is 8.42 Å². The Hall–Kier alpha value is -1.86. The van der Waals surface area contributed by atoms with E-state index in [0.29, 0.717) is 17.5 Å². The Morgan fingerprint density at radius 1 is 1.22 bits per heavy atom. The highest BCUT2D eigenvalue weighted by Crippen LogP contribution is 2.18. The van der Waals surface area contributed by atoms with Crippen molar-refractivity contribution < 1.29 is 8.42 Å². The Kier molecular flexibility index (Phi) is 6.55.